The number of allylic oxidation sites excluding steroid dienone is 2. The fraction of sp³-hybridized carbons (Fsp3) is 0.667. The van der Waals surface area contributed by atoms with E-state index in [0.29, 0.717) is 0 Å². The van der Waals surface area contributed by atoms with Crippen molar-refractivity contribution in [2.75, 3.05) is 0 Å². The van der Waals surface area contributed by atoms with E-state index in [2.05, 4.69) is 0 Å². The molecule has 1 aliphatic rings. The van der Waals surface area contributed by atoms with E-state index in [1.807, 2.05) is 7.17 Å². The summed E-state index contributed by atoms with van der Waals surface area (Å²) in [7, 11) is 9.35. The van der Waals surface area contributed by atoms with E-state index < -0.39 is 0 Å². The quantitative estimate of drug-likeness (QED) is 0.352. The van der Waals surface area contributed by atoms with Crippen LogP contribution in [0.1, 0.15) is 32.1 Å². The van der Waals surface area contributed by atoms with Gasteiger partial charge < -0.3 is 4.79 Å². The highest BCUT2D eigenvalue weighted by atomic mass is 16.1. The molecule has 1 rings (SSSR count). The summed E-state index contributed by atoms with van der Waals surface area (Å²) in [5, 5.41) is 0. The topological polar surface area (TPSA) is 17.1 Å². The number of rotatable bonds is 4. The molecule has 4 heteroatoms. The minimum atomic E-state index is 0.813. The monoisotopic (exact) mass is 170 g/mol. The standard InChI is InChI=1S/C9H13B3O/c10-9-5-3-1-2-4-8(9)6-11-12-7-13/h7H,1-6H2. The fourth-order valence-electron chi connectivity index (χ4n) is 1.67. The summed E-state index contributed by atoms with van der Waals surface area (Å²) >= 11 is 0. The molecule has 0 fully saturated rings. The summed E-state index contributed by atoms with van der Waals surface area (Å²) in [5.41, 5.74) is 2.38. The van der Waals surface area contributed by atoms with Crippen molar-refractivity contribution < 1.29 is 4.79 Å². The molecule has 0 atom stereocenters. The van der Waals surface area contributed by atoms with Crippen LogP contribution in [-0.4, -0.2) is 28.4 Å². The maximum atomic E-state index is 10.1. The Labute approximate surface area is 83.2 Å². The first kappa shape index (κ1) is 10.7. The van der Waals surface area contributed by atoms with Gasteiger partial charge in [0.15, 0.2) is 7.17 Å². The minimum absolute atomic E-state index is 0.813. The van der Waals surface area contributed by atoms with E-state index >= 15 is 0 Å². The summed E-state index contributed by atoms with van der Waals surface area (Å²) < 4.78 is 0. The zero-order valence-corrected chi connectivity index (χ0v) is 7.96. The van der Waals surface area contributed by atoms with E-state index in [1.165, 1.54) is 24.8 Å². The van der Waals surface area contributed by atoms with Gasteiger partial charge in [0.05, 0.1) is 13.4 Å². The molecule has 0 spiro atoms. The Balaban J connectivity index is 2.38. The first-order valence-electron chi connectivity index (χ1n) is 4.91. The molecule has 13 heavy (non-hydrogen) atoms. The van der Waals surface area contributed by atoms with Crippen molar-refractivity contribution in [1.82, 2.24) is 0 Å². The van der Waals surface area contributed by atoms with Gasteiger partial charge in [-0.2, -0.15) is 0 Å². The maximum Gasteiger partial charge on any atom is 0.152 e. The second-order valence-corrected chi connectivity index (χ2v) is 3.46. The predicted octanol–water partition coefficient (Wildman–Crippen LogP) is 1.30. The van der Waals surface area contributed by atoms with Gasteiger partial charge in [-0.05, 0) is 19.3 Å². The molecular weight excluding hydrogens is 157 g/mol. The first-order chi connectivity index (χ1) is 6.34. The fourth-order valence-corrected chi connectivity index (χ4v) is 1.67. The average Bonchev–Trinajstić information content (AvgIpc) is 2.32. The van der Waals surface area contributed by atoms with Gasteiger partial charge in [0, 0.05) is 0 Å². The van der Waals surface area contributed by atoms with Gasteiger partial charge in [-0.25, -0.2) is 0 Å². The Kier molecular flexibility index (Phi) is 5.03. The molecule has 0 saturated heterocycles. The molecule has 1 nitrogen and oxygen atoms in total. The Morgan fingerprint density at radius 2 is 2.08 bits per heavy atom. The summed E-state index contributed by atoms with van der Waals surface area (Å²) in [6.45, 7) is 0. The Morgan fingerprint density at radius 1 is 1.31 bits per heavy atom. The molecule has 0 bridgehead atoms. The lowest BCUT2D eigenvalue weighted by molar-refractivity contribution is 0.569. The van der Waals surface area contributed by atoms with Crippen LogP contribution >= 0.6 is 0 Å². The van der Waals surface area contributed by atoms with Gasteiger partial charge in [-0.15, -0.1) is 5.47 Å². The van der Waals surface area contributed by atoms with Crippen LogP contribution in [0.25, 0.3) is 0 Å². The van der Waals surface area contributed by atoms with Crippen LogP contribution in [0.5, 0.6) is 0 Å². The van der Waals surface area contributed by atoms with Crippen LogP contribution in [0.15, 0.2) is 11.0 Å². The van der Waals surface area contributed by atoms with Crippen LogP contribution in [0.2, 0.25) is 6.32 Å². The van der Waals surface area contributed by atoms with Gasteiger partial charge in [-0.3, -0.25) is 0 Å². The summed E-state index contributed by atoms with van der Waals surface area (Å²) in [5.74, 6) is 0. The number of hydrogen-bond acceptors (Lipinski definition) is 1. The van der Waals surface area contributed by atoms with Crippen molar-refractivity contribution in [2.45, 2.75) is 38.4 Å². The van der Waals surface area contributed by atoms with Crippen LogP contribution < -0.4 is 0 Å². The van der Waals surface area contributed by atoms with E-state index in [9.17, 15) is 4.79 Å². The first-order valence-corrected chi connectivity index (χ1v) is 4.91. The maximum absolute atomic E-state index is 10.1. The largest absolute Gasteiger partial charge is 0.316 e. The van der Waals surface area contributed by atoms with Gasteiger partial charge in [0.1, 0.15) is 7.85 Å². The molecule has 0 saturated carbocycles. The zero-order valence-electron chi connectivity index (χ0n) is 7.96. The summed E-state index contributed by atoms with van der Waals surface area (Å²) in [4.78, 5) is 10.1. The second-order valence-electron chi connectivity index (χ2n) is 3.46. The van der Waals surface area contributed by atoms with Crippen molar-refractivity contribution in [1.29, 1.82) is 0 Å². The summed E-state index contributed by atoms with van der Waals surface area (Å²) in [6.07, 6.45) is 7.54. The lowest BCUT2D eigenvalue weighted by atomic mass is 9.38. The molecule has 1 aliphatic carbocycles. The third kappa shape index (κ3) is 3.88. The van der Waals surface area contributed by atoms with Crippen LogP contribution in [0, 0.1) is 0 Å². The van der Waals surface area contributed by atoms with Crippen molar-refractivity contribution in [3.05, 3.63) is 11.0 Å². The normalized spacial score (nSPS) is 17.8. The highest BCUT2D eigenvalue weighted by molar-refractivity contribution is 7.13. The molecule has 0 heterocycles. The van der Waals surface area contributed by atoms with Gasteiger partial charge in [0.2, 0.25) is 0 Å². The molecule has 0 aromatic heterocycles. The summed E-state index contributed by atoms with van der Waals surface area (Å²) in [6, 6.07) is 0. The molecular formula is C9H13B3O. The Morgan fingerprint density at radius 3 is 2.85 bits per heavy atom. The van der Waals surface area contributed by atoms with Crippen molar-refractivity contribution in [3.63, 3.8) is 0 Å². The molecule has 0 unspecified atom stereocenters. The average molecular weight is 170 g/mol. The van der Waals surface area contributed by atoms with Crippen LogP contribution in [0.3, 0.4) is 0 Å². The lowest BCUT2D eigenvalue weighted by Crippen LogP contribution is -2.06. The highest BCUT2D eigenvalue weighted by Gasteiger charge is 2.07. The highest BCUT2D eigenvalue weighted by Crippen LogP contribution is 2.23. The van der Waals surface area contributed by atoms with E-state index in [4.69, 9.17) is 7.85 Å². The van der Waals surface area contributed by atoms with Crippen molar-refractivity contribution >= 4 is 28.4 Å². The molecule has 0 aromatic rings. The molecule has 0 N–H and O–H groups in total. The lowest BCUT2D eigenvalue weighted by Gasteiger charge is -2.07. The number of carbonyl (C=O) groups excluding carboxylic acids is 1. The van der Waals surface area contributed by atoms with Gasteiger partial charge in [0.25, 0.3) is 0 Å². The molecule has 4 radical (unpaired) electrons. The van der Waals surface area contributed by atoms with Crippen molar-refractivity contribution in [3.8, 4) is 0 Å². The molecule has 0 amide bonds. The second kappa shape index (κ2) is 6.12. The smallest absolute Gasteiger partial charge is 0.152 e. The third-order valence-corrected chi connectivity index (χ3v) is 2.46. The van der Waals surface area contributed by atoms with Crippen molar-refractivity contribution in [2.24, 2.45) is 0 Å². The molecule has 64 valence electrons. The number of hydrogen-bond donors (Lipinski definition) is 0. The minimum Gasteiger partial charge on any atom is -0.316 e. The Hall–Kier alpha value is -0.395. The van der Waals surface area contributed by atoms with E-state index in [-0.39, 0.29) is 0 Å². The Bertz CT molecular complexity index is 201. The van der Waals surface area contributed by atoms with Crippen LogP contribution in [-0.2, 0) is 4.79 Å². The van der Waals surface area contributed by atoms with E-state index in [0.717, 1.165) is 30.8 Å². The third-order valence-electron chi connectivity index (χ3n) is 2.46. The van der Waals surface area contributed by atoms with Gasteiger partial charge >= 0.3 is 0 Å². The molecule has 0 aromatic carbocycles. The van der Waals surface area contributed by atoms with E-state index in [1.54, 1.807) is 7.17 Å². The van der Waals surface area contributed by atoms with Crippen LogP contribution in [0.4, 0.5) is 0 Å². The number of carbonyl (C=O) groups is 1. The van der Waals surface area contributed by atoms with Gasteiger partial charge in [-0.1, -0.05) is 24.7 Å². The predicted molar refractivity (Wildman–Crippen MR) is 58.9 cm³/mol. The SMILES string of the molecule is [B]C1=C(C[B][B]C=O)CCCCC1. The molecule has 0 aliphatic heterocycles. The zero-order chi connectivity index (χ0) is 9.52.